The number of aryl methyl sites for hydroxylation is 1. The van der Waals surface area contributed by atoms with E-state index >= 15 is 0 Å². The molecule has 5 heteroatoms. The van der Waals surface area contributed by atoms with Gasteiger partial charge in [-0.1, -0.05) is 96.2 Å². The van der Waals surface area contributed by atoms with Crippen LogP contribution in [-0.2, 0) is 31.3 Å². The Labute approximate surface area is 277 Å². The largest absolute Gasteiger partial charge is 0.512 e. The molecule has 5 rings (SSSR count). The molecule has 0 atom stereocenters. The van der Waals surface area contributed by atoms with Crippen molar-refractivity contribution in [3.8, 4) is 22.8 Å². The first-order valence-electron chi connectivity index (χ1n) is 15.9. The molecule has 1 aliphatic rings. The number of ketones is 1. The number of aromatic nitrogens is 1. The zero-order chi connectivity index (χ0) is 31.5. The van der Waals surface area contributed by atoms with Crippen molar-refractivity contribution in [1.29, 1.82) is 0 Å². The molecule has 1 N–H and O–H groups in total. The molecule has 0 saturated carbocycles. The van der Waals surface area contributed by atoms with Crippen LogP contribution in [0.25, 0.3) is 32.8 Å². The minimum Gasteiger partial charge on any atom is -0.512 e. The number of carbonyl (C=O) groups excluding carboxylic acids is 1. The van der Waals surface area contributed by atoms with Crippen molar-refractivity contribution >= 4 is 27.3 Å². The molecule has 44 heavy (non-hydrogen) atoms. The van der Waals surface area contributed by atoms with Crippen LogP contribution in [-0.4, -0.2) is 15.9 Å². The maximum absolute atomic E-state index is 12.2. The quantitative estimate of drug-likeness (QED) is 0.0921. The first kappa shape index (κ1) is 35.5. The number of benzene rings is 3. The van der Waals surface area contributed by atoms with Crippen molar-refractivity contribution in [2.24, 2.45) is 16.7 Å². The van der Waals surface area contributed by atoms with E-state index in [9.17, 15) is 9.90 Å². The molecule has 0 unspecified atom stereocenters. The number of hydrogen-bond donors (Lipinski definition) is 1. The van der Waals surface area contributed by atoms with Crippen LogP contribution >= 0.6 is 0 Å². The van der Waals surface area contributed by atoms with Gasteiger partial charge in [-0.2, -0.15) is 0 Å². The third-order valence-corrected chi connectivity index (χ3v) is 9.74. The number of carbonyl (C=O) groups is 1. The van der Waals surface area contributed by atoms with Gasteiger partial charge in [0.1, 0.15) is 11.5 Å². The Balaban J connectivity index is 0.000000260. The summed E-state index contributed by atoms with van der Waals surface area (Å²) >= 11 is 0. The van der Waals surface area contributed by atoms with E-state index in [0.29, 0.717) is 5.92 Å². The summed E-state index contributed by atoms with van der Waals surface area (Å²) in [5, 5.41) is 14.7. The Morgan fingerprint density at radius 1 is 1.00 bits per heavy atom. The van der Waals surface area contributed by atoms with Crippen LogP contribution in [0.3, 0.4) is 0 Å². The van der Waals surface area contributed by atoms with Gasteiger partial charge in [0.15, 0.2) is 5.78 Å². The van der Waals surface area contributed by atoms with Gasteiger partial charge in [-0.05, 0) is 68.0 Å². The predicted octanol–water partition coefficient (Wildman–Crippen LogP) is 11.1. The molecule has 0 bridgehead atoms. The van der Waals surface area contributed by atoms with Crippen molar-refractivity contribution in [2.45, 2.75) is 94.4 Å². The fraction of sp³-hybridized carbons (Fsp3) is 0.436. The van der Waals surface area contributed by atoms with Gasteiger partial charge in [0.05, 0.1) is 5.75 Å². The van der Waals surface area contributed by atoms with Gasteiger partial charge in [-0.15, -0.1) is 17.5 Å². The summed E-state index contributed by atoms with van der Waals surface area (Å²) in [5.74, 6) is 2.70. The Bertz CT molecular complexity index is 1660. The number of fused-ring (bicyclic) bond motifs is 3. The van der Waals surface area contributed by atoms with Crippen molar-refractivity contribution in [3.05, 3.63) is 77.7 Å². The van der Waals surface area contributed by atoms with Gasteiger partial charge >= 0.3 is 0 Å². The second-order valence-corrected chi connectivity index (χ2v) is 13.0. The first-order chi connectivity index (χ1) is 20.4. The molecule has 1 aliphatic heterocycles. The monoisotopic (exact) mass is 771 g/mol. The number of allylic oxidation sites excluding steroid dienone is 2. The van der Waals surface area contributed by atoms with E-state index in [1.54, 1.807) is 0 Å². The second-order valence-electron chi connectivity index (χ2n) is 13.0. The molecule has 0 saturated heterocycles. The molecule has 0 fully saturated rings. The molecule has 1 radical (unpaired) electrons. The minimum absolute atomic E-state index is 0. The normalized spacial score (nSPS) is 12.7. The maximum Gasteiger partial charge on any atom is 0.164 e. The molecule has 1 aromatic heterocycles. The number of aliphatic hydroxyl groups is 1. The number of pyridine rings is 1. The Hall–Kier alpha value is -3.01. The van der Waals surface area contributed by atoms with Crippen molar-refractivity contribution in [1.82, 2.24) is 4.98 Å². The molecular weight excluding hydrogens is 723 g/mol. The van der Waals surface area contributed by atoms with Crippen LogP contribution < -0.4 is 4.74 Å². The van der Waals surface area contributed by atoms with E-state index < -0.39 is 0 Å². The molecule has 0 spiro atoms. The van der Waals surface area contributed by atoms with Crippen molar-refractivity contribution < 1.29 is 34.7 Å². The molecule has 3 aromatic carbocycles. The van der Waals surface area contributed by atoms with Crippen LogP contribution in [0.1, 0.15) is 92.2 Å². The maximum atomic E-state index is 12.2. The molecule has 0 amide bonds. The standard InChI is InChI=1S/C24H20NO.C15H28O2.Ir/c1-14(2)10-16-11-18-8-9-25-23-20-13-17-6-4-5-7-19(17)15(3)24(20)26-21(12-16)22(18)23;1-7-14(5,8-2)12(16)11-13(17)15(6,9-3)10-4;/h4-9,11-12,14H,10H2,1-3H3;11,16H,7-10H2,1-6H3;/q-1;;/b;12-11-;. The smallest absolute Gasteiger partial charge is 0.164 e. The van der Waals surface area contributed by atoms with Crippen LogP contribution in [0.4, 0.5) is 0 Å². The second kappa shape index (κ2) is 14.4. The van der Waals surface area contributed by atoms with Gasteiger partial charge in [0, 0.05) is 54.3 Å². The van der Waals surface area contributed by atoms with Crippen LogP contribution in [0.5, 0.6) is 11.5 Å². The third kappa shape index (κ3) is 6.95. The van der Waals surface area contributed by atoms with Gasteiger partial charge in [-0.25, -0.2) is 0 Å². The minimum atomic E-state index is -0.337. The zero-order valence-corrected chi connectivity index (χ0v) is 30.2. The first-order valence-corrected chi connectivity index (χ1v) is 15.9. The van der Waals surface area contributed by atoms with Crippen LogP contribution in [0, 0.1) is 29.7 Å². The summed E-state index contributed by atoms with van der Waals surface area (Å²) in [5.41, 5.74) is 3.80. The molecule has 2 heterocycles. The number of rotatable bonds is 9. The predicted molar refractivity (Wildman–Crippen MR) is 180 cm³/mol. The van der Waals surface area contributed by atoms with E-state index in [1.807, 2.05) is 47.7 Å². The number of ether oxygens (including phenoxy) is 1. The summed E-state index contributed by atoms with van der Waals surface area (Å²) in [7, 11) is 0. The molecule has 237 valence electrons. The Morgan fingerprint density at radius 3 is 2.25 bits per heavy atom. The number of hydrogen-bond acceptors (Lipinski definition) is 4. The van der Waals surface area contributed by atoms with Crippen LogP contribution in [0.15, 0.2) is 60.5 Å². The van der Waals surface area contributed by atoms with Crippen molar-refractivity contribution in [3.63, 3.8) is 0 Å². The summed E-state index contributed by atoms with van der Waals surface area (Å²) in [6.07, 6.45) is 7.69. The topological polar surface area (TPSA) is 59.4 Å². The third-order valence-electron chi connectivity index (χ3n) is 9.74. The summed E-state index contributed by atoms with van der Waals surface area (Å²) < 4.78 is 6.44. The van der Waals surface area contributed by atoms with E-state index in [-0.39, 0.29) is 42.5 Å². The van der Waals surface area contributed by atoms with Gasteiger partial charge in [0.2, 0.25) is 0 Å². The van der Waals surface area contributed by atoms with Crippen LogP contribution in [0.2, 0.25) is 0 Å². The van der Waals surface area contributed by atoms with Crippen molar-refractivity contribution in [2.75, 3.05) is 0 Å². The molecule has 4 aromatic rings. The Kier molecular flexibility index (Phi) is 11.6. The van der Waals surface area contributed by atoms with E-state index in [0.717, 1.165) is 71.2 Å². The van der Waals surface area contributed by atoms with E-state index in [2.05, 4.69) is 69.3 Å². The molecule has 0 aliphatic carbocycles. The molecule has 4 nitrogen and oxygen atoms in total. The van der Waals surface area contributed by atoms with Gasteiger partial charge < -0.3 is 9.84 Å². The molecular formula is C39H48IrNO3-. The summed E-state index contributed by atoms with van der Waals surface area (Å²) in [6.45, 7) is 18.7. The van der Waals surface area contributed by atoms with Gasteiger partial charge in [0.25, 0.3) is 0 Å². The average Bonchev–Trinajstić information content (AvgIpc) is 3.00. The number of aliphatic hydroxyl groups excluding tert-OH is 1. The van der Waals surface area contributed by atoms with Gasteiger partial charge in [-0.3, -0.25) is 9.78 Å². The van der Waals surface area contributed by atoms with E-state index in [1.165, 1.54) is 22.4 Å². The Morgan fingerprint density at radius 2 is 1.64 bits per heavy atom. The zero-order valence-electron chi connectivity index (χ0n) is 27.9. The fourth-order valence-corrected chi connectivity index (χ4v) is 5.71. The number of nitrogens with zero attached hydrogens (tertiary/aromatic N) is 1. The van der Waals surface area contributed by atoms with E-state index in [4.69, 9.17) is 9.72 Å². The summed E-state index contributed by atoms with van der Waals surface area (Å²) in [4.78, 5) is 16.9. The SMILES string of the molecule is CCC(C)(CC)C(=O)/C=C(\O)C(C)(CC)CC.Cc1c2c([c-]c3ccccc13)-c1nccc3cc(CC(C)C)cc(c13)O2.[Ir]. The average molecular weight is 771 g/mol. The fourth-order valence-electron chi connectivity index (χ4n) is 5.71. The summed E-state index contributed by atoms with van der Waals surface area (Å²) in [6, 6.07) is 18.4.